The highest BCUT2D eigenvalue weighted by atomic mass is 79.9. The lowest BCUT2D eigenvalue weighted by Crippen LogP contribution is -2.29. The summed E-state index contributed by atoms with van der Waals surface area (Å²) in [6.45, 7) is 0. The molecule has 0 radical (unpaired) electrons. The molecule has 0 spiro atoms. The smallest absolute Gasteiger partial charge is 0.295 e. The van der Waals surface area contributed by atoms with E-state index in [2.05, 4.69) is 15.9 Å². The maximum atomic E-state index is 13.5. The summed E-state index contributed by atoms with van der Waals surface area (Å²) in [7, 11) is 1.56. The molecule has 0 saturated carbocycles. The van der Waals surface area contributed by atoms with Crippen molar-refractivity contribution in [1.82, 2.24) is 0 Å². The monoisotopic (exact) mass is 479 g/mol. The van der Waals surface area contributed by atoms with Crippen LogP contribution in [0.2, 0.25) is 0 Å². The molecular formula is C24H15BrFNO4. The topological polar surface area (TPSA) is 59.8 Å². The van der Waals surface area contributed by atoms with E-state index in [0.29, 0.717) is 28.0 Å². The number of halogens is 2. The number of benzene rings is 3. The van der Waals surface area contributed by atoms with Gasteiger partial charge < -0.3 is 9.15 Å². The molecule has 1 aliphatic rings. The van der Waals surface area contributed by atoms with Crippen LogP contribution in [0.5, 0.6) is 5.75 Å². The van der Waals surface area contributed by atoms with Gasteiger partial charge in [-0.2, -0.15) is 0 Å². The van der Waals surface area contributed by atoms with Crippen LogP contribution in [0.3, 0.4) is 0 Å². The van der Waals surface area contributed by atoms with Crippen LogP contribution >= 0.6 is 15.9 Å². The molecule has 2 heterocycles. The summed E-state index contributed by atoms with van der Waals surface area (Å²) in [6, 6.07) is 17.1. The molecule has 0 saturated heterocycles. The van der Waals surface area contributed by atoms with E-state index in [1.165, 1.54) is 29.2 Å². The van der Waals surface area contributed by atoms with Crippen molar-refractivity contribution in [2.24, 2.45) is 0 Å². The maximum Gasteiger partial charge on any atom is 0.295 e. The number of fused-ring (bicyclic) bond motifs is 2. The summed E-state index contributed by atoms with van der Waals surface area (Å²) in [5.41, 5.74) is 1.47. The lowest BCUT2D eigenvalue weighted by atomic mass is 9.98. The van der Waals surface area contributed by atoms with Crippen molar-refractivity contribution >= 4 is 38.5 Å². The highest BCUT2D eigenvalue weighted by Crippen LogP contribution is 2.41. The van der Waals surface area contributed by atoms with Crippen molar-refractivity contribution in [2.45, 2.75) is 6.04 Å². The predicted octanol–water partition coefficient (Wildman–Crippen LogP) is 5.45. The second-order valence-electron chi connectivity index (χ2n) is 7.14. The Labute approximate surface area is 184 Å². The molecule has 31 heavy (non-hydrogen) atoms. The van der Waals surface area contributed by atoms with Crippen LogP contribution in [0.4, 0.5) is 10.1 Å². The van der Waals surface area contributed by atoms with Crippen LogP contribution in [0.15, 0.2) is 80.4 Å². The predicted molar refractivity (Wildman–Crippen MR) is 118 cm³/mol. The number of methoxy groups -OCH3 is 1. The molecule has 0 fully saturated rings. The Morgan fingerprint density at radius 3 is 2.39 bits per heavy atom. The minimum atomic E-state index is -0.724. The van der Waals surface area contributed by atoms with Gasteiger partial charge in [-0.05, 0) is 60.2 Å². The van der Waals surface area contributed by atoms with Gasteiger partial charge in [0, 0.05) is 10.2 Å². The number of rotatable bonds is 3. The van der Waals surface area contributed by atoms with Gasteiger partial charge >= 0.3 is 0 Å². The van der Waals surface area contributed by atoms with E-state index >= 15 is 0 Å². The molecular weight excluding hydrogens is 465 g/mol. The van der Waals surface area contributed by atoms with Gasteiger partial charge in [0.1, 0.15) is 17.1 Å². The van der Waals surface area contributed by atoms with Gasteiger partial charge in [-0.15, -0.1) is 0 Å². The normalized spacial score (nSPS) is 15.4. The molecule has 1 aliphatic heterocycles. The van der Waals surface area contributed by atoms with Crippen molar-refractivity contribution in [3.8, 4) is 5.75 Å². The van der Waals surface area contributed by atoms with E-state index < -0.39 is 17.8 Å². The fourth-order valence-electron chi connectivity index (χ4n) is 3.91. The second kappa shape index (κ2) is 7.35. The third-order valence-corrected chi connectivity index (χ3v) is 5.86. The average Bonchev–Trinajstić information content (AvgIpc) is 3.07. The molecule has 5 nitrogen and oxygen atoms in total. The van der Waals surface area contributed by atoms with Gasteiger partial charge in [0.2, 0.25) is 5.76 Å². The highest BCUT2D eigenvalue weighted by Gasteiger charge is 2.43. The first-order valence-corrected chi connectivity index (χ1v) is 10.3. The summed E-state index contributed by atoms with van der Waals surface area (Å²) in [6.07, 6.45) is 0. The van der Waals surface area contributed by atoms with Gasteiger partial charge in [0.05, 0.1) is 24.1 Å². The van der Waals surface area contributed by atoms with Crippen LogP contribution in [-0.4, -0.2) is 13.0 Å². The van der Waals surface area contributed by atoms with Crippen molar-refractivity contribution in [3.63, 3.8) is 0 Å². The number of ether oxygens (including phenoxy) is 1. The highest BCUT2D eigenvalue weighted by molar-refractivity contribution is 9.10. The molecule has 7 heteroatoms. The van der Waals surface area contributed by atoms with E-state index in [9.17, 15) is 14.0 Å². The van der Waals surface area contributed by atoms with E-state index in [0.717, 1.165) is 4.47 Å². The third kappa shape index (κ3) is 3.13. The van der Waals surface area contributed by atoms with E-state index in [4.69, 9.17) is 9.15 Å². The average molecular weight is 480 g/mol. The molecule has 1 unspecified atom stereocenters. The quantitative estimate of drug-likeness (QED) is 0.391. The third-order valence-electron chi connectivity index (χ3n) is 5.37. The number of carbonyl (C=O) groups is 1. The summed E-state index contributed by atoms with van der Waals surface area (Å²) in [5.74, 6) is -0.232. The first-order chi connectivity index (χ1) is 15.0. The summed E-state index contributed by atoms with van der Waals surface area (Å²) in [4.78, 5) is 28.4. The SMILES string of the molecule is COc1ccc(C2c3c(oc4ccc(Br)cc4c3=O)C(=O)N2c2ccc(F)cc2)cc1. The zero-order valence-electron chi connectivity index (χ0n) is 16.3. The molecule has 154 valence electrons. The fraction of sp³-hybridized carbons (Fsp3) is 0.0833. The number of nitrogens with zero attached hydrogens (tertiary/aromatic N) is 1. The van der Waals surface area contributed by atoms with Crippen molar-refractivity contribution in [1.29, 1.82) is 0 Å². The van der Waals surface area contributed by atoms with E-state index in [-0.39, 0.29) is 16.8 Å². The maximum absolute atomic E-state index is 13.5. The number of hydrogen-bond donors (Lipinski definition) is 0. The summed E-state index contributed by atoms with van der Waals surface area (Å²) < 4.78 is 25.4. The lowest BCUT2D eigenvalue weighted by molar-refractivity contribution is 0.0971. The van der Waals surface area contributed by atoms with Gasteiger partial charge in [-0.3, -0.25) is 14.5 Å². The van der Waals surface area contributed by atoms with E-state index in [1.54, 1.807) is 49.6 Å². The number of hydrogen-bond acceptors (Lipinski definition) is 4. The molecule has 1 amide bonds. The summed E-state index contributed by atoms with van der Waals surface area (Å²) in [5, 5.41) is 0.375. The van der Waals surface area contributed by atoms with Crippen molar-refractivity contribution in [3.05, 3.63) is 104 Å². The Hall–Kier alpha value is -3.45. The van der Waals surface area contributed by atoms with Gasteiger partial charge in [-0.1, -0.05) is 28.1 Å². The Morgan fingerprint density at radius 1 is 1.00 bits per heavy atom. The fourth-order valence-corrected chi connectivity index (χ4v) is 4.28. The minimum absolute atomic E-state index is 0.00929. The van der Waals surface area contributed by atoms with Gasteiger partial charge in [0.25, 0.3) is 5.91 Å². The molecule has 4 aromatic rings. The minimum Gasteiger partial charge on any atom is -0.497 e. The zero-order chi connectivity index (χ0) is 21.7. The van der Waals surface area contributed by atoms with Gasteiger partial charge in [0.15, 0.2) is 5.43 Å². The molecule has 1 atom stereocenters. The van der Waals surface area contributed by atoms with E-state index in [1.807, 2.05) is 0 Å². The standard InChI is InChI=1S/C24H15BrFNO4/c1-30-17-9-2-13(3-10-17)21-20-22(28)18-12-14(25)4-11-19(18)31-23(20)24(29)27(21)16-7-5-15(26)6-8-16/h2-12,21H,1H3. The van der Waals surface area contributed by atoms with Crippen LogP contribution in [0.1, 0.15) is 27.7 Å². The largest absolute Gasteiger partial charge is 0.497 e. The van der Waals surface area contributed by atoms with Gasteiger partial charge in [-0.25, -0.2) is 4.39 Å². The molecule has 5 rings (SSSR count). The number of amides is 1. The van der Waals surface area contributed by atoms with Crippen LogP contribution in [0, 0.1) is 5.82 Å². The molecule has 0 bridgehead atoms. The molecule has 0 aliphatic carbocycles. The van der Waals surface area contributed by atoms with Crippen LogP contribution < -0.4 is 15.1 Å². The number of carbonyl (C=O) groups excluding carboxylic acids is 1. The summed E-state index contributed by atoms with van der Waals surface area (Å²) >= 11 is 3.38. The zero-order valence-corrected chi connectivity index (χ0v) is 17.9. The molecule has 3 aromatic carbocycles. The Balaban J connectivity index is 1.79. The number of anilines is 1. The molecule has 0 N–H and O–H groups in total. The van der Waals surface area contributed by atoms with Crippen LogP contribution in [-0.2, 0) is 0 Å². The second-order valence-corrected chi connectivity index (χ2v) is 8.06. The lowest BCUT2D eigenvalue weighted by Gasteiger charge is -2.25. The first-order valence-electron chi connectivity index (χ1n) is 9.47. The Bertz CT molecular complexity index is 1380. The van der Waals surface area contributed by atoms with Crippen LogP contribution in [0.25, 0.3) is 11.0 Å². The van der Waals surface area contributed by atoms with Crippen molar-refractivity contribution in [2.75, 3.05) is 12.0 Å². The first kappa shape index (κ1) is 19.5. The Kier molecular flexibility index (Phi) is 4.63. The Morgan fingerprint density at radius 2 is 1.71 bits per heavy atom. The molecule has 1 aromatic heterocycles. The van der Waals surface area contributed by atoms with Crippen molar-refractivity contribution < 1.29 is 18.3 Å².